The summed E-state index contributed by atoms with van der Waals surface area (Å²) in [4.78, 5) is 4.81. The predicted molar refractivity (Wildman–Crippen MR) is 139 cm³/mol. The van der Waals surface area contributed by atoms with Crippen LogP contribution in [-0.2, 0) is 6.42 Å². The van der Waals surface area contributed by atoms with Crippen LogP contribution < -0.4 is 5.32 Å². The first-order valence-electron chi connectivity index (χ1n) is 10.6. The smallest absolute Gasteiger partial charge is 0.158 e. The van der Waals surface area contributed by atoms with Crippen LogP contribution in [0, 0.1) is 5.82 Å². The van der Waals surface area contributed by atoms with Crippen molar-refractivity contribution in [3.8, 4) is 22.3 Å². The molecule has 1 N–H and O–H groups in total. The second kappa shape index (κ2) is 9.32. The number of hydrogen-bond donors (Lipinski definition) is 1. The molecular weight excluding hydrogens is 560 g/mol. The summed E-state index contributed by atoms with van der Waals surface area (Å²) in [5.74, 6) is -0.247. The summed E-state index contributed by atoms with van der Waals surface area (Å²) in [6.07, 6.45) is 6.77. The molecule has 1 aliphatic rings. The number of pyridine rings is 1. The molecule has 32 heavy (non-hydrogen) atoms. The molecule has 4 aromatic rings. The molecule has 0 amide bonds. The largest absolute Gasteiger partial charge is 0.317 e. The lowest BCUT2D eigenvalue weighted by Gasteiger charge is -2.22. The predicted octanol–water partition coefficient (Wildman–Crippen LogP) is 6.69. The van der Waals surface area contributed by atoms with Crippen LogP contribution in [0.4, 0.5) is 4.39 Å². The van der Waals surface area contributed by atoms with E-state index in [0.29, 0.717) is 11.2 Å². The van der Waals surface area contributed by atoms with E-state index in [1.165, 1.54) is 6.07 Å². The summed E-state index contributed by atoms with van der Waals surface area (Å²) in [7, 11) is 1.58. The highest BCUT2D eigenvalue weighted by molar-refractivity contribution is 14.2. The minimum atomic E-state index is -0.247. The lowest BCUT2D eigenvalue weighted by Crippen LogP contribution is -2.29. The highest BCUT2D eigenvalue weighted by atomic mass is 127. The standard InChI is InChI=1S/C23H22ClFIN5S/c1-2-20-21(14-4-3-5-16(25)10-14)18-11-15(12-28-23(18)31(20)32-26)19-13-30(29-22(19)24)17-6-8-27-9-7-17/h3-5,10-13,17,27H,2,6-9H2,1H3. The Bertz CT molecular complexity index is 1280. The Labute approximate surface area is 207 Å². The quantitative estimate of drug-likeness (QED) is 0.267. The van der Waals surface area contributed by atoms with Crippen LogP contribution in [0.15, 0.2) is 42.7 Å². The third-order valence-electron chi connectivity index (χ3n) is 6.06. The molecule has 0 unspecified atom stereocenters. The van der Waals surface area contributed by atoms with Crippen molar-refractivity contribution in [1.82, 2.24) is 24.1 Å². The number of halogens is 3. The molecule has 1 saturated heterocycles. The van der Waals surface area contributed by atoms with E-state index in [2.05, 4.69) is 48.6 Å². The molecule has 0 aliphatic carbocycles. The summed E-state index contributed by atoms with van der Waals surface area (Å²) >= 11 is 8.85. The van der Waals surface area contributed by atoms with Gasteiger partial charge in [0.25, 0.3) is 0 Å². The first-order valence-corrected chi connectivity index (χ1v) is 14.3. The van der Waals surface area contributed by atoms with Crippen LogP contribution in [0.3, 0.4) is 0 Å². The van der Waals surface area contributed by atoms with Gasteiger partial charge in [0.15, 0.2) is 10.8 Å². The monoisotopic (exact) mass is 581 g/mol. The van der Waals surface area contributed by atoms with E-state index in [4.69, 9.17) is 16.6 Å². The Morgan fingerprint density at radius 3 is 2.78 bits per heavy atom. The summed E-state index contributed by atoms with van der Waals surface area (Å²) < 4.78 is 18.2. The first-order chi connectivity index (χ1) is 15.6. The molecular formula is C23H22ClFIN5S. The van der Waals surface area contributed by atoms with Crippen molar-refractivity contribution in [2.45, 2.75) is 32.2 Å². The molecule has 1 aromatic carbocycles. The number of nitrogens with one attached hydrogen (secondary N) is 1. The number of aromatic nitrogens is 4. The summed E-state index contributed by atoms with van der Waals surface area (Å²) in [5, 5.41) is 9.46. The van der Waals surface area contributed by atoms with Crippen molar-refractivity contribution in [2.75, 3.05) is 13.1 Å². The maximum absolute atomic E-state index is 14.1. The van der Waals surface area contributed by atoms with Crippen molar-refractivity contribution in [1.29, 1.82) is 0 Å². The topological polar surface area (TPSA) is 47.7 Å². The third kappa shape index (κ3) is 3.95. The fourth-order valence-corrected chi connectivity index (χ4v) is 6.55. The zero-order chi connectivity index (χ0) is 22.2. The van der Waals surface area contributed by atoms with Gasteiger partial charge in [-0.15, -0.1) is 0 Å². The fraction of sp³-hybridized carbons (Fsp3) is 0.304. The maximum atomic E-state index is 14.1. The Hall–Kier alpha value is -1.62. The van der Waals surface area contributed by atoms with Gasteiger partial charge in [-0.3, -0.25) is 8.65 Å². The van der Waals surface area contributed by atoms with Crippen molar-refractivity contribution < 1.29 is 4.39 Å². The number of hydrogen-bond acceptors (Lipinski definition) is 4. The van der Waals surface area contributed by atoms with Crippen LogP contribution in [-0.4, -0.2) is 31.8 Å². The average Bonchev–Trinajstić information content (AvgIpc) is 3.36. The van der Waals surface area contributed by atoms with Crippen molar-refractivity contribution in [2.24, 2.45) is 0 Å². The second-order valence-corrected chi connectivity index (χ2v) is 9.98. The van der Waals surface area contributed by atoms with E-state index in [0.717, 1.165) is 71.3 Å². The molecule has 9 heteroatoms. The number of fused-ring (bicyclic) bond motifs is 1. The van der Waals surface area contributed by atoms with Crippen molar-refractivity contribution >= 4 is 53.0 Å². The minimum Gasteiger partial charge on any atom is -0.317 e. The number of nitrogens with zero attached hydrogens (tertiary/aromatic N) is 4. The van der Waals surface area contributed by atoms with E-state index < -0.39 is 0 Å². The molecule has 1 fully saturated rings. The molecule has 4 heterocycles. The van der Waals surface area contributed by atoms with Gasteiger partial charge in [0.2, 0.25) is 0 Å². The van der Waals surface area contributed by atoms with E-state index in [-0.39, 0.29) is 5.82 Å². The van der Waals surface area contributed by atoms with Crippen molar-refractivity contribution in [3.05, 3.63) is 59.4 Å². The van der Waals surface area contributed by atoms with Crippen LogP contribution in [0.2, 0.25) is 5.15 Å². The Morgan fingerprint density at radius 2 is 2.06 bits per heavy atom. The second-order valence-electron chi connectivity index (χ2n) is 7.94. The molecule has 166 valence electrons. The summed E-state index contributed by atoms with van der Waals surface area (Å²) in [5.41, 5.74) is 5.64. The number of piperidine rings is 1. The molecule has 0 atom stereocenters. The van der Waals surface area contributed by atoms with E-state index in [1.807, 2.05) is 23.1 Å². The van der Waals surface area contributed by atoms with E-state index >= 15 is 0 Å². The van der Waals surface area contributed by atoms with Gasteiger partial charge in [0.1, 0.15) is 5.82 Å². The van der Waals surface area contributed by atoms with Gasteiger partial charge in [0.05, 0.1) is 6.04 Å². The highest BCUT2D eigenvalue weighted by Crippen LogP contribution is 2.41. The van der Waals surface area contributed by atoms with Gasteiger partial charge >= 0.3 is 0 Å². The highest BCUT2D eigenvalue weighted by Gasteiger charge is 2.22. The third-order valence-corrected chi connectivity index (χ3v) is 8.05. The molecule has 5 rings (SSSR count). The number of rotatable bonds is 5. The van der Waals surface area contributed by atoms with Gasteiger partial charge in [-0.2, -0.15) is 5.10 Å². The normalized spacial score (nSPS) is 15.0. The summed E-state index contributed by atoms with van der Waals surface area (Å²) in [6.45, 7) is 4.09. The lowest BCUT2D eigenvalue weighted by atomic mass is 10.00. The zero-order valence-corrected chi connectivity index (χ0v) is 21.2. The van der Waals surface area contributed by atoms with Gasteiger partial charge < -0.3 is 5.32 Å². The zero-order valence-electron chi connectivity index (χ0n) is 17.5. The first kappa shape index (κ1) is 22.2. The molecule has 0 saturated carbocycles. The molecule has 3 aromatic heterocycles. The Morgan fingerprint density at radius 1 is 1.25 bits per heavy atom. The van der Waals surface area contributed by atoms with E-state index in [9.17, 15) is 4.39 Å². The SMILES string of the molecule is CCc1c(-c2cccc(F)c2)c2cc(-c3cn(C4CCNCC4)nc3Cl)cnc2n1SI. The van der Waals surface area contributed by atoms with Gasteiger partial charge in [-0.1, -0.05) is 30.7 Å². The average molecular weight is 582 g/mol. The Balaban J connectivity index is 1.67. The Kier molecular flexibility index (Phi) is 6.46. The van der Waals surface area contributed by atoms with Crippen LogP contribution in [0.25, 0.3) is 33.3 Å². The number of benzene rings is 1. The van der Waals surface area contributed by atoms with Crippen molar-refractivity contribution in [3.63, 3.8) is 0 Å². The van der Waals surface area contributed by atoms with Gasteiger partial charge in [-0.25, -0.2) is 9.37 Å². The van der Waals surface area contributed by atoms with Crippen LogP contribution in [0.1, 0.15) is 31.5 Å². The van der Waals surface area contributed by atoms with Crippen LogP contribution in [0.5, 0.6) is 0 Å². The fourth-order valence-electron chi connectivity index (χ4n) is 4.52. The van der Waals surface area contributed by atoms with Gasteiger partial charge in [0, 0.05) is 70.5 Å². The molecule has 0 bridgehead atoms. The molecule has 0 radical (unpaired) electrons. The molecule has 0 spiro atoms. The lowest BCUT2D eigenvalue weighted by molar-refractivity contribution is 0.343. The van der Waals surface area contributed by atoms with E-state index in [1.54, 1.807) is 21.3 Å². The van der Waals surface area contributed by atoms with Crippen LogP contribution >= 0.6 is 41.9 Å². The molecule has 1 aliphatic heterocycles. The maximum Gasteiger partial charge on any atom is 0.158 e. The summed E-state index contributed by atoms with van der Waals surface area (Å²) in [6, 6.07) is 9.23. The molecule has 5 nitrogen and oxygen atoms in total. The van der Waals surface area contributed by atoms with Gasteiger partial charge in [-0.05, 0) is 56.1 Å². The minimum absolute atomic E-state index is 0.247.